The second-order valence-electron chi connectivity index (χ2n) is 7.78. The third kappa shape index (κ3) is 5.21. The van der Waals surface area contributed by atoms with E-state index < -0.39 is 23.8 Å². The summed E-state index contributed by atoms with van der Waals surface area (Å²) in [6.07, 6.45) is 5.09. The predicted octanol–water partition coefficient (Wildman–Crippen LogP) is 3.98. The van der Waals surface area contributed by atoms with Crippen LogP contribution in [0.1, 0.15) is 50.6 Å². The number of thiol groups is 1. The Kier molecular flexibility index (Phi) is 7.50. The van der Waals surface area contributed by atoms with Crippen LogP contribution in [0, 0.1) is 5.82 Å². The van der Waals surface area contributed by atoms with Gasteiger partial charge in [0, 0.05) is 16.6 Å². The normalized spacial score (nSPS) is 16.5. The summed E-state index contributed by atoms with van der Waals surface area (Å²) in [7, 11) is 0. The molecule has 2 aromatic rings. The number of nitrogens with two attached hydrogens (primary N) is 1. The van der Waals surface area contributed by atoms with Gasteiger partial charge in [0.2, 0.25) is 11.8 Å². The van der Waals surface area contributed by atoms with Gasteiger partial charge in [-0.05, 0) is 49.6 Å². The van der Waals surface area contributed by atoms with Crippen LogP contribution in [-0.2, 0) is 9.59 Å². The van der Waals surface area contributed by atoms with Crippen LogP contribution in [-0.4, -0.2) is 23.9 Å². The molecule has 0 radical (unpaired) electrons. The summed E-state index contributed by atoms with van der Waals surface area (Å²) in [6.45, 7) is 1.55. The average Bonchev–Trinajstić information content (AvgIpc) is 2.73. The smallest absolute Gasteiger partial charge is 0.248 e. The lowest BCUT2D eigenvalue weighted by atomic mass is 9.94. The lowest BCUT2D eigenvalue weighted by Crippen LogP contribution is -2.51. The molecule has 1 aliphatic carbocycles. The van der Waals surface area contributed by atoms with Gasteiger partial charge < -0.3 is 11.1 Å². The zero-order valence-electron chi connectivity index (χ0n) is 17.1. The molecule has 3 rings (SSSR count). The summed E-state index contributed by atoms with van der Waals surface area (Å²) in [6, 6.07) is 10.9. The van der Waals surface area contributed by atoms with Crippen molar-refractivity contribution < 1.29 is 14.0 Å². The van der Waals surface area contributed by atoms with Crippen molar-refractivity contribution in [2.75, 3.05) is 4.90 Å². The summed E-state index contributed by atoms with van der Waals surface area (Å²) in [5, 5.41) is 3.10. The highest BCUT2D eigenvalue weighted by molar-refractivity contribution is 7.80. The molecule has 3 N–H and O–H groups in total. The molecule has 2 atom stereocenters. The van der Waals surface area contributed by atoms with Crippen LogP contribution < -0.4 is 16.0 Å². The van der Waals surface area contributed by atoms with E-state index in [1.165, 1.54) is 23.1 Å². The minimum absolute atomic E-state index is 0.0561. The van der Waals surface area contributed by atoms with Gasteiger partial charge in [0.1, 0.15) is 11.9 Å². The van der Waals surface area contributed by atoms with E-state index in [9.17, 15) is 14.0 Å². The van der Waals surface area contributed by atoms with Gasteiger partial charge >= 0.3 is 0 Å². The number of hydrogen-bond donors (Lipinski definition) is 3. The first kappa shape index (κ1) is 22.3. The molecule has 2 aromatic carbocycles. The number of benzene rings is 2. The summed E-state index contributed by atoms with van der Waals surface area (Å²) in [5.41, 5.74) is 6.75. The van der Waals surface area contributed by atoms with Crippen LogP contribution in [0.15, 0.2) is 53.4 Å². The Balaban J connectivity index is 2.07. The fourth-order valence-corrected chi connectivity index (χ4v) is 4.18. The number of halogens is 1. The van der Waals surface area contributed by atoms with E-state index >= 15 is 0 Å². The van der Waals surface area contributed by atoms with Crippen molar-refractivity contribution in [3.63, 3.8) is 0 Å². The summed E-state index contributed by atoms with van der Waals surface area (Å²) < 4.78 is 14.0. The standard InChI is InChI=1S/C23H28FN3O2S/c1-15(25)23(29)27(18-11-7-8-16(24)14-18)21(19-12-5-6-13-20(19)30)22(28)26-17-9-3-2-4-10-17/h5-8,11-15,17,21,30H,2-4,9-10,25H2,1H3,(H,26,28). The first-order valence-electron chi connectivity index (χ1n) is 10.3. The SMILES string of the molecule is CC(N)C(=O)N(c1cccc(F)c1)C(C(=O)NC1CCCCC1)c1ccccc1S. The Morgan fingerprint density at radius 1 is 1.13 bits per heavy atom. The second kappa shape index (κ2) is 10.1. The molecule has 1 aliphatic rings. The number of anilines is 1. The molecule has 1 fully saturated rings. The monoisotopic (exact) mass is 429 g/mol. The van der Waals surface area contributed by atoms with Crippen molar-refractivity contribution in [3.05, 3.63) is 59.9 Å². The lowest BCUT2D eigenvalue weighted by Gasteiger charge is -2.34. The molecule has 5 nitrogen and oxygen atoms in total. The number of carbonyl (C=O) groups is 2. The minimum atomic E-state index is -1.01. The largest absolute Gasteiger partial charge is 0.351 e. The number of rotatable bonds is 6. The van der Waals surface area contributed by atoms with Crippen molar-refractivity contribution in [1.29, 1.82) is 0 Å². The molecule has 2 amide bonds. The first-order valence-corrected chi connectivity index (χ1v) is 10.8. The van der Waals surface area contributed by atoms with Gasteiger partial charge in [-0.3, -0.25) is 14.5 Å². The molecule has 0 aromatic heterocycles. The third-order valence-corrected chi connectivity index (χ3v) is 5.81. The van der Waals surface area contributed by atoms with Gasteiger partial charge in [0.25, 0.3) is 0 Å². The van der Waals surface area contributed by atoms with E-state index in [1.54, 1.807) is 31.2 Å². The van der Waals surface area contributed by atoms with Gasteiger partial charge in [-0.15, -0.1) is 12.6 Å². The van der Waals surface area contributed by atoms with Crippen molar-refractivity contribution in [1.82, 2.24) is 5.32 Å². The summed E-state index contributed by atoms with van der Waals surface area (Å²) in [4.78, 5) is 28.5. The third-order valence-electron chi connectivity index (χ3n) is 5.40. The van der Waals surface area contributed by atoms with Crippen LogP contribution in [0.3, 0.4) is 0 Å². The van der Waals surface area contributed by atoms with Crippen LogP contribution in [0.25, 0.3) is 0 Å². The van der Waals surface area contributed by atoms with Crippen molar-refractivity contribution in [2.24, 2.45) is 5.73 Å². The minimum Gasteiger partial charge on any atom is -0.351 e. The maximum absolute atomic E-state index is 14.0. The Morgan fingerprint density at radius 2 is 1.83 bits per heavy atom. The van der Waals surface area contributed by atoms with E-state index in [-0.39, 0.29) is 17.6 Å². The highest BCUT2D eigenvalue weighted by Gasteiger charge is 2.36. The highest BCUT2D eigenvalue weighted by Crippen LogP contribution is 2.33. The topological polar surface area (TPSA) is 75.4 Å². The highest BCUT2D eigenvalue weighted by atomic mass is 32.1. The first-order chi connectivity index (χ1) is 14.4. The number of amides is 2. The van der Waals surface area contributed by atoms with Crippen molar-refractivity contribution in [2.45, 2.75) is 62.0 Å². The molecule has 2 unspecified atom stereocenters. The summed E-state index contributed by atoms with van der Waals surface area (Å²) >= 11 is 4.52. The van der Waals surface area contributed by atoms with E-state index in [0.717, 1.165) is 32.1 Å². The lowest BCUT2D eigenvalue weighted by molar-refractivity contribution is -0.127. The molecule has 0 aliphatic heterocycles. The zero-order chi connectivity index (χ0) is 21.7. The van der Waals surface area contributed by atoms with Gasteiger partial charge in [-0.25, -0.2) is 4.39 Å². The van der Waals surface area contributed by atoms with Crippen molar-refractivity contribution in [3.8, 4) is 0 Å². The molecule has 0 bridgehead atoms. The maximum atomic E-state index is 14.0. The van der Waals surface area contributed by atoms with Crippen LogP contribution >= 0.6 is 12.6 Å². The Labute approximate surface area is 182 Å². The maximum Gasteiger partial charge on any atom is 0.248 e. The van der Waals surface area contributed by atoms with E-state index in [1.807, 2.05) is 6.07 Å². The van der Waals surface area contributed by atoms with Crippen LogP contribution in [0.4, 0.5) is 10.1 Å². The Hall–Kier alpha value is -2.38. The van der Waals surface area contributed by atoms with E-state index in [2.05, 4.69) is 17.9 Å². The molecule has 30 heavy (non-hydrogen) atoms. The molecular weight excluding hydrogens is 401 g/mol. The second-order valence-corrected chi connectivity index (χ2v) is 8.26. The quantitative estimate of drug-likeness (QED) is 0.608. The average molecular weight is 430 g/mol. The Bertz CT molecular complexity index is 900. The van der Waals surface area contributed by atoms with E-state index in [4.69, 9.17) is 5.73 Å². The Morgan fingerprint density at radius 3 is 2.47 bits per heavy atom. The molecule has 160 valence electrons. The molecule has 0 saturated heterocycles. The number of carbonyl (C=O) groups excluding carboxylic acids is 2. The zero-order valence-corrected chi connectivity index (χ0v) is 17.9. The van der Waals surface area contributed by atoms with Gasteiger partial charge in [0.15, 0.2) is 0 Å². The van der Waals surface area contributed by atoms with E-state index in [0.29, 0.717) is 10.5 Å². The van der Waals surface area contributed by atoms with Gasteiger partial charge in [0.05, 0.1) is 6.04 Å². The van der Waals surface area contributed by atoms with Gasteiger partial charge in [-0.2, -0.15) is 0 Å². The number of nitrogens with zero attached hydrogens (tertiary/aromatic N) is 1. The molecule has 7 heteroatoms. The number of hydrogen-bond acceptors (Lipinski definition) is 4. The summed E-state index contributed by atoms with van der Waals surface area (Å²) in [5.74, 6) is -1.29. The number of nitrogens with one attached hydrogen (secondary N) is 1. The molecule has 0 spiro atoms. The van der Waals surface area contributed by atoms with Gasteiger partial charge in [-0.1, -0.05) is 43.5 Å². The fraction of sp³-hybridized carbons (Fsp3) is 0.391. The molecule has 0 heterocycles. The van der Waals surface area contributed by atoms with Crippen LogP contribution in [0.5, 0.6) is 0 Å². The molecular formula is C23H28FN3O2S. The predicted molar refractivity (Wildman–Crippen MR) is 119 cm³/mol. The molecule has 1 saturated carbocycles. The van der Waals surface area contributed by atoms with Crippen molar-refractivity contribution >= 4 is 30.1 Å². The van der Waals surface area contributed by atoms with Crippen LogP contribution in [0.2, 0.25) is 0 Å². The fourth-order valence-electron chi connectivity index (χ4n) is 3.89.